The SMILES string of the molecule is CCCCC(C(=O)O)n1nnnc1-c1ccncc1. The van der Waals surface area contributed by atoms with Gasteiger partial charge in [-0.2, -0.15) is 0 Å². The molecule has 100 valence electrons. The van der Waals surface area contributed by atoms with E-state index in [2.05, 4.69) is 20.5 Å². The second kappa shape index (κ2) is 6.03. The molecule has 19 heavy (non-hydrogen) atoms. The van der Waals surface area contributed by atoms with Gasteiger partial charge in [-0.15, -0.1) is 5.10 Å². The van der Waals surface area contributed by atoms with Gasteiger partial charge < -0.3 is 5.11 Å². The summed E-state index contributed by atoms with van der Waals surface area (Å²) in [5, 5.41) is 20.6. The molecular weight excluding hydrogens is 246 g/mol. The highest BCUT2D eigenvalue weighted by Gasteiger charge is 2.24. The quantitative estimate of drug-likeness (QED) is 0.847. The van der Waals surface area contributed by atoms with E-state index >= 15 is 0 Å². The number of nitrogens with zero attached hydrogens (tertiary/aromatic N) is 5. The van der Waals surface area contributed by atoms with E-state index in [0.29, 0.717) is 12.2 Å². The molecule has 0 aliphatic rings. The highest BCUT2D eigenvalue weighted by Crippen LogP contribution is 2.21. The minimum atomic E-state index is -0.920. The van der Waals surface area contributed by atoms with Crippen LogP contribution in [0.25, 0.3) is 11.4 Å². The number of carboxylic acids is 1. The van der Waals surface area contributed by atoms with E-state index in [-0.39, 0.29) is 0 Å². The monoisotopic (exact) mass is 261 g/mol. The molecule has 0 aromatic carbocycles. The molecule has 2 aromatic heterocycles. The summed E-state index contributed by atoms with van der Waals surface area (Å²) < 4.78 is 1.37. The van der Waals surface area contributed by atoms with Crippen LogP contribution < -0.4 is 0 Å². The molecule has 0 amide bonds. The van der Waals surface area contributed by atoms with Crippen molar-refractivity contribution in [2.75, 3.05) is 0 Å². The van der Waals surface area contributed by atoms with Gasteiger partial charge in [0.2, 0.25) is 0 Å². The Hall–Kier alpha value is -2.31. The number of unbranched alkanes of at least 4 members (excludes halogenated alkanes) is 1. The summed E-state index contributed by atoms with van der Waals surface area (Å²) in [6.07, 6.45) is 5.49. The molecule has 2 aromatic rings. The Labute approximate surface area is 110 Å². The van der Waals surface area contributed by atoms with Gasteiger partial charge in [-0.05, 0) is 29.0 Å². The topological polar surface area (TPSA) is 93.8 Å². The van der Waals surface area contributed by atoms with Crippen molar-refractivity contribution < 1.29 is 9.90 Å². The third-order valence-electron chi connectivity index (χ3n) is 2.84. The molecule has 1 unspecified atom stereocenters. The van der Waals surface area contributed by atoms with Gasteiger partial charge in [-0.25, -0.2) is 9.48 Å². The minimum absolute atomic E-state index is 0.450. The maximum Gasteiger partial charge on any atom is 0.328 e. The summed E-state index contributed by atoms with van der Waals surface area (Å²) in [6, 6.07) is 2.76. The maximum absolute atomic E-state index is 11.4. The Bertz CT molecular complexity index is 540. The highest BCUT2D eigenvalue weighted by atomic mass is 16.4. The van der Waals surface area contributed by atoms with E-state index in [4.69, 9.17) is 0 Å². The molecule has 0 saturated heterocycles. The smallest absolute Gasteiger partial charge is 0.328 e. The van der Waals surface area contributed by atoms with E-state index in [1.807, 2.05) is 6.92 Å². The fourth-order valence-corrected chi connectivity index (χ4v) is 1.84. The number of carbonyl (C=O) groups is 1. The molecule has 7 heteroatoms. The van der Waals surface area contributed by atoms with Gasteiger partial charge >= 0.3 is 5.97 Å². The lowest BCUT2D eigenvalue weighted by Crippen LogP contribution is -2.21. The van der Waals surface area contributed by atoms with Crippen molar-refractivity contribution in [1.82, 2.24) is 25.2 Å². The second-order valence-electron chi connectivity index (χ2n) is 4.18. The first-order valence-corrected chi connectivity index (χ1v) is 6.15. The first-order valence-electron chi connectivity index (χ1n) is 6.15. The van der Waals surface area contributed by atoms with E-state index in [0.717, 1.165) is 18.4 Å². The van der Waals surface area contributed by atoms with Crippen LogP contribution in [0.15, 0.2) is 24.5 Å². The van der Waals surface area contributed by atoms with Crippen molar-refractivity contribution in [1.29, 1.82) is 0 Å². The molecule has 0 aliphatic heterocycles. The van der Waals surface area contributed by atoms with Gasteiger partial charge in [-0.1, -0.05) is 19.8 Å². The number of pyridine rings is 1. The fourth-order valence-electron chi connectivity index (χ4n) is 1.84. The van der Waals surface area contributed by atoms with E-state index in [1.54, 1.807) is 24.5 Å². The Morgan fingerprint density at radius 2 is 2.16 bits per heavy atom. The Balaban J connectivity index is 2.34. The lowest BCUT2D eigenvalue weighted by Gasteiger charge is -2.13. The summed E-state index contributed by atoms with van der Waals surface area (Å²) in [5.74, 6) is -0.470. The van der Waals surface area contributed by atoms with Gasteiger partial charge in [0.1, 0.15) is 0 Å². The summed E-state index contributed by atoms with van der Waals surface area (Å²) in [5.41, 5.74) is 0.753. The molecule has 1 atom stereocenters. The molecule has 0 aliphatic carbocycles. The van der Waals surface area contributed by atoms with Crippen LogP contribution in [0.5, 0.6) is 0 Å². The zero-order valence-corrected chi connectivity index (χ0v) is 10.6. The summed E-state index contributed by atoms with van der Waals surface area (Å²) in [6.45, 7) is 2.02. The molecule has 7 nitrogen and oxygen atoms in total. The van der Waals surface area contributed by atoms with Crippen molar-refractivity contribution in [2.24, 2.45) is 0 Å². The Kier molecular flexibility index (Phi) is 4.17. The van der Waals surface area contributed by atoms with Gasteiger partial charge in [0.25, 0.3) is 0 Å². The van der Waals surface area contributed by atoms with Gasteiger partial charge in [0, 0.05) is 18.0 Å². The average molecular weight is 261 g/mol. The van der Waals surface area contributed by atoms with E-state index < -0.39 is 12.0 Å². The van der Waals surface area contributed by atoms with Crippen LogP contribution in [0.2, 0.25) is 0 Å². The van der Waals surface area contributed by atoms with Crippen LogP contribution in [-0.2, 0) is 4.79 Å². The standard InChI is InChI=1S/C12H15N5O2/c1-2-3-4-10(12(18)19)17-11(14-15-16-17)9-5-7-13-8-6-9/h5-8,10H,2-4H2,1H3,(H,18,19). The normalized spacial score (nSPS) is 12.3. The average Bonchev–Trinajstić information content (AvgIpc) is 2.89. The third-order valence-corrected chi connectivity index (χ3v) is 2.84. The van der Waals surface area contributed by atoms with Crippen LogP contribution >= 0.6 is 0 Å². The predicted octanol–water partition coefficient (Wildman–Crippen LogP) is 1.55. The molecular formula is C12H15N5O2. The zero-order valence-electron chi connectivity index (χ0n) is 10.6. The van der Waals surface area contributed by atoms with Crippen molar-refractivity contribution in [3.05, 3.63) is 24.5 Å². The Morgan fingerprint density at radius 1 is 1.42 bits per heavy atom. The first kappa shape index (κ1) is 13.1. The lowest BCUT2D eigenvalue weighted by molar-refractivity contribution is -0.141. The molecule has 1 N–H and O–H groups in total. The van der Waals surface area contributed by atoms with Crippen molar-refractivity contribution in [2.45, 2.75) is 32.2 Å². The summed E-state index contributed by atoms with van der Waals surface area (Å²) in [4.78, 5) is 15.3. The first-order chi connectivity index (χ1) is 9.24. The number of carboxylic acid groups (broad SMARTS) is 1. The molecule has 0 radical (unpaired) electrons. The predicted molar refractivity (Wildman–Crippen MR) is 67.2 cm³/mol. The minimum Gasteiger partial charge on any atom is -0.480 e. The maximum atomic E-state index is 11.4. The lowest BCUT2D eigenvalue weighted by atomic mass is 10.1. The Morgan fingerprint density at radius 3 is 2.79 bits per heavy atom. The van der Waals surface area contributed by atoms with Crippen LogP contribution in [0.4, 0.5) is 0 Å². The van der Waals surface area contributed by atoms with Crippen molar-refractivity contribution in [3.8, 4) is 11.4 Å². The molecule has 0 spiro atoms. The van der Waals surface area contributed by atoms with Gasteiger partial charge in [0.15, 0.2) is 11.9 Å². The van der Waals surface area contributed by atoms with E-state index in [9.17, 15) is 9.90 Å². The van der Waals surface area contributed by atoms with Gasteiger partial charge in [0.05, 0.1) is 0 Å². The molecule has 2 heterocycles. The van der Waals surface area contributed by atoms with Gasteiger partial charge in [-0.3, -0.25) is 4.98 Å². The van der Waals surface area contributed by atoms with Crippen LogP contribution in [0.3, 0.4) is 0 Å². The number of hydrogen-bond acceptors (Lipinski definition) is 5. The fraction of sp³-hybridized carbons (Fsp3) is 0.417. The third kappa shape index (κ3) is 2.93. The summed E-state index contributed by atoms with van der Waals surface area (Å²) >= 11 is 0. The number of aliphatic carboxylic acids is 1. The van der Waals surface area contributed by atoms with E-state index in [1.165, 1.54) is 4.68 Å². The van der Waals surface area contributed by atoms with Crippen LogP contribution in [-0.4, -0.2) is 36.3 Å². The number of rotatable bonds is 6. The second-order valence-corrected chi connectivity index (χ2v) is 4.18. The molecule has 0 fully saturated rings. The summed E-state index contributed by atoms with van der Waals surface area (Å²) in [7, 11) is 0. The molecule has 2 rings (SSSR count). The number of hydrogen-bond donors (Lipinski definition) is 1. The largest absolute Gasteiger partial charge is 0.480 e. The van der Waals surface area contributed by atoms with Crippen LogP contribution in [0, 0.1) is 0 Å². The van der Waals surface area contributed by atoms with Crippen molar-refractivity contribution >= 4 is 5.97 Å². The van der Waals surface area contributed by atoms with Crippen molar-refractivity contribution in [3.63, 3.8) is 0 Å². The van der Waals surface area contributed by atoms with Crippen LogP contribution in [0.1, 0.15) is 32.2 Å². The highest BCUT2D eigenvalue weighted by molar-refractivity contribution is 5.72. The number of tetrazole rings is 1. The zero-order chi connectivity index (χ0) is 13.7. The molecule has 0 saturated carbocycles. The number of aromatic nitrogens is 5. The molecule has 0 bridgehead atoms.